The number of carbonyl (C=O) groups is 1. The molecule has 0 unspecified atom stereocenters. The molecule has 5 nitrogen and oxygen atoms in total. The fourth-order valence-corrected chi connectivity index (χ4v) is 2.68. The van der Waals surface area contributed by atoms with Crippen LogP contribution in [0.3, 0.4) is 0 Å². The highest BCUT2D eigenvalue weighted by atomic mass is 16.5. The predicted molar refractivity (Wildman–Crippen MR) is 94.4 cm³/mol. The summed E-state index contributed by atoms with van der Waals surface area (Å²) in [5, 5.41) is 2.94. The van der Waals surface area contributed by atoms with Gasteiger partial charge in [0.15, 0.2) is 0 Å². The Bertz CT molecular complexity index is 837. The molecule has 0 radical (unpaired) electrons. The normalized spacial score (nSPS) is 10.8. The van der Waals surface area contributed by atoms with Crippen LogP contribution >= 0.6 is 0 Å². The van der Waals surface area contributed by atoms with Crippen molar-refractivity contribution in [2.24, 2.45) is 7.05 Å². The Morgan fingerprint density at radius 3 is 2.62 bits per heavy atom. The first-order chi connectivity index (χ1) is 11.7. The molecule has 1 aromatic heterocycles. The number of hydrogen-bond acceptors (Lipinski definition) is 3. The maximum atomic E-state index is 12.2. The van der Waals surface area contributed by atoms with Gasteiger partial charge in [-0.05, 0) is 43.3 Å². The molecule has 0 aliphatic rings. The van der Waals surface area contributed by atoms with Crippen LogP contribution in [-0.4, -0.2) is 28.6 Å². The second-order valence-corrected chi connectivity index (χ2v) is 5.54. The molecule has 0 saturated carbocycles. The summed E-state index contributed by atoms with van der Waals surface area (Å²) in [6.07, 6.45) is 0.688. The lowest BCUT2D eigenvalue weighted by Gasteiger charge is -2.07. The molecule has 0 fully saturated rings. The van der Waals surface area contributed by atoms with Gasteiger partial charge in [0.05, 0.1) is 17.6 Å². The third kappa shape index (κ3) is 3.40. The SMILES string of the molecule is CCOc1ccc(C(=O)NCCc2nc3ccccc3n2C)cc1. The van der Waals surface area contributed by atoms with Gasteiger partial charge in [-0.1, -0.05) is 12.1 Å². The Morgan fingerprint density at radius 2 is 1.92 bits per heavy atom. The van der Waals surface area contributed by atoms with Gasteiger partial charge in [-0.15, -0.1) is 0 Å². The first-order valence-corrected chi connectivity index (χ1v) is 8.10. The molecule has 1 amide bonds. The van der Waals surface area contributed by atoms with Crippen LogP contribution in [0.25, 0.3) is 11.0 Å². The van der Waals surface area contributed by atoms with Crippen molar-refractivity contribution in [3.8, 4) is 5.75 Å². The average Bonchev–Trinajstić information content (AvgIpc) is 2.92. The number of nitrogens with one attached hydrogen (secondary N) is 1. The van der Waals surface area contributed by atoms with Crippen molar-refractivity contribution in [1.29, 1.82) is 0 Å². The zero-order chi connectivity index (χ0) is 16.9. The van der Waals surface area contributed by atoms with E-state index < -0.39 is 0 Å². The first kappa shape index (κ1) is 16.1. The Hall–Kier alpha value is -2.82. The Morgan fingerprint density at radius 1 is 1.17 bits per heavy atom. The molecule has 24 heavy (non-hydrogen) atoms. The molecule has 2 aromatic carbocycles. The molecule has 3 rings (SSSR count). The van der Waals surface area contributed by atoms with Gasteiger partial charge in [0.1, 0.15) is 11.6 Å². The second-order valence-electron chi connectivity index (χ2n) is 5.54. The topological polar surface area (TPSA) is 56.1 Å². The molecule has 0 aliphatic heterocycles. The van der Waals surface area contributed by atoms with Gasteiger partial charge >= 0.3 is 0 Å². The van der Waals surface area contributed by atoms with E-state index in [-0.39, 0.29) is 5.91 Å². The van der Waals surface area contributed by atoms with E-state index in [1.54, 1.807) is 12.1 Å². The van der Waals surface area contributed by atoms with E-state index in [4.69, 9.17) is 4.74 Å². The number of imidazole rings is 1. The third-order valence-electron chi connectivity index (χ3n) is 3.94. The highest BCUT2D eigenvalue weighted by Crippen LogP contribution is 2.14. The summed E-state index contributed by atoms with van der Waals surface area (Å²) in [5.74, 6) is 1.65. The number of aromatic nitrogens is 2. The highest BCUT2D eigenvalue weighted by molar-refractivity contribution is 5.94. The quantitative estimate of drug-likeness (QED) is 0.759. The Labute approximate surface area is 141 Å². The third-order valence-corrected chi connectivity index (χ3v) is 3.94. The van der Waals surface area contributed by atoms with Crippen molar-refractivity contribution >= 4 is 16.9 Å². The molecule has 124 valence electrons. The van der Waals surface area contributed by atoms with E-state index in [9.17, 15) is 4.79 Å². The number of rotatable bonds is 6. The van der Waals surface area contributed by atoms with E-state index in [2.05, 4.69) is 14.9 Å². The summed E-state index contributed by atoms with van der Waals surface area (Å²) in [7, 11) is 2.00. The molecule has 3 aromatic rings. The molecular weight excluding hydrogens is 302 g/mol. The van der Waals surface area contributed by atoms with Crippen LogP contribution < -0.4 is 10.1 Å². The Balaban J connectivity index is 1.59. The average molecular weight is 323 g/mol. The van der Waals surface area contributed by atoms with E-state index in [1.165, 1.54) is 0 Å². The number of benzene rings is 2. The molecular formula is C19H21N3O2. The van der Waals surface area contributed by atoms with Crippen LogP contribution in [0, 0.1) is 0 Å². The van der Waals surface area contributed by atoms with Gasteiger partial charge < -0.3 is 14.6 Å². The van der Waals surface area contributed by atoms with E-state index in [0.717, 1.165) is 22.6 Å². The first-order valence-electron chi connectivity index (χ1n) is 8.10. The van der Waals surface area contributed by atoms with Crippen molar-refractivity contribution in [2.75, 3.05) is 13.2 Å². The van der Waals surface area contributed by atoms with Crippen molar-refractivity contribution in [3.05, 3.63) is 59.9 Å². The van der Waals surface area contributed by atoms with Gasteiger partial charge in [-0.25, -0.2) is 4.98 Å². The lowest BCUT2D eigenvalue weighted by atomic mass is 10.2. The van der Waals surface area contributed by atoms with Crippen LogP contribution in [0.1, 0.15) is 23.1 Å². The second kappa shape index (κ2) is 7.17. The summed E-state index contributed by atoms with van der Waals surface area (Å²) >= 11 is 0. The summed E-state index contributed by atoms with van der Waals surface area (Å²) < 4.78 is 7.45. The maximum absolute atomic E-state index is 12.2. The van der Waals surface area contributed by atoms with Gasteiger partial charge in [-0.3, -0.25) is 4.79 Å². The van der Waals surface area contributed by atoms with Crippen LogP contribution in [0.2, 0.25) is 0 Å². The molecule has 0 bridgehead atoms. The molecule has 0 spiro atoms. The van der Waals surface area contributed by atoms with Crippen LogP contribution in [0.4, 0.5) is 0 Å². The summed E-state index contributed by atoms with van der Waals surface area (Å²) in [5.41, 5.74) is 2.71. The smallest absolute Gasteiger partial charge is 0.251 e. The molecule has 0 aliphatic carbocycles. The molecule has 1 N–H and O–H groups in total. The van der Waals surface area contributed by atoms with E-state index in [1.807, 2.05) is 50.4 Å². The lowest BCUT2D eigenvalue weighted by Crippen LogP contribution is -2.26. The Kier molecular flexibility index (Phi) is 4.79. The van der Waals surface area contributed by atoms with Crippen LogP contribution in [-0.2, 0) is 13.5 Å². The number of ether oxygens (including phenoxy) is 1. The number of carbonyl (C=O) groups excluding carboxylic acids is 1. The van der Waals surface area contributed by atoms with Crippen LogP contribution in [0.5, 0.6) is 5.75 Å². The zero-order valence-corrected chi connectivity index (χ0v) is 14.0. The molecule has 0 atom stereocenters. The van der Waals surface area contributed by atoms with Crippen molar-refractivity contribution in [2.45, 2.75) is 13.3 Å². The molecule has 1 heterocycles. The number of aryl methyl sites for hydroxylation is 1. The number of amides is 1. The van der Waals surface area contributed by atoms with Crippen LogP contribution in [0.15, 0.2) is 48.5 Å². The van der Waals surface area contributed by atoms with E-state index >= 15 is 0 Å². The minimum atomic E-state index is -0.0863. The zero-order valence-electron chi connectivity index (χ0n) is 14.0. The molecule has 5 heteroatoms. The summed E-state index contributed by atoms with van der Waals surface area (Å²) in [6, 6.07) is 15.2. The largest absolute Gasteiger partial charge is 0.494 e. The lowest BCUT2D eigenvalue weighted by molar-refractivity contribution is 0.0954. The number of hydrogen-bond donors (Lipinski definition) is 1. The number of para-hydroxylation sites is 2. The maximum Gasteiger partial charge on any atom is 0.251 e. The van der Waals surface area contributed by atoms with Gasteiger partial charge in [0.2, 0.25) is 0 Å². The fraction of sp³-hybridized carbons (Fsp3) is 0.263. The fourth-order valence-electron chi connectivity index (χ4n) is 2.68. The van der Waals surface area contributed by atoms with Gasteiger partial charge in [0, 0.05) is 25.6 Å². The predicted octanol–water partition coefficient (Wildman–Crippen LogP) is 2.94. The van der Waals surface area contributed by atoms with Gasteiger partial charge in [-0.2, -0.15) is 0 Å². The standard InChI is InChI=1S/C19H21N3O2/c1-3-24-15-10-8-14(9-11-15)19(23)20-13-12-18-21-16-6-4-5-7-17(16)22(18)2/h4-11H,3,12-13H2,1-2H3,(H,20,23). The van der Waals surface area contributed by atoms with Gasteiger partial charge in [0.25, 0.3) is 5.91 Å². The van der Waals surface area contributed by atoms with E-state index in [0.29, 0.717) is 25.1 Å². The van der Waals surface area contributed by atoms with Crippen molar-refractivity contribution in [1.82, 2.24) is 14.9 Å². The minimum absolute atomic E-state index is 0.0863. The highest BCUT2D eigenvalue weighted by Gasteiger charge is 2.09. The number of nitrogens with zero attached hydrogens (tertiary/aromatic N) is 2. The summed E-state index contributed by atoms with van der Waals surface area (Å²) in [6.45, 7) is 3.09. The van der Waals surface area contributed by atoms with Crippen molar-refractivity contribution in [3.63, 3.8) is 0 Å². The van der Waals surface area contributed by atoms with Crippen molar-refractivity contribution < 1.29 is 9.53 Å². The number of fused-ring (bicyclic) bond motifs is 1. The minimum Gasteiger partial charge on any atom is -0.494 e. The monoisotopic (exact) mass is 323 g/mol. The molecule has 0 saturated heterocycles. The summed E-state index contributed by atoms with van der Waals surface area (Å²) in [4.78, 5) is 16.8.